The Hall–Kier alpha value is -0.670. The van der Waals surface area contributed by atoms with Crippen molar-refractivity contribution in [1.82, 2.24) is 9.21 Å². The van der Waals surface area contributed by atoms with Gasteiger partial charge in [-0.25, -0.2) is 8.42 Å². The molecule has 1 aliphatic heterocycles. The predicted molar refractivity (Wildman–Crippen MR) is 104 cm³/mol. The lowest BCUT2D eigenvalue weighted by molar-refractivity contribution is -0.134. The third kappa shape index (κ3) is 4.95. The van der Waals surface area contributed by atoms with Crippen LogP contribution in [0.3, 0.4) is 0 Å². The zero-order chi connectivity index (χ0) is 18.1. The maximum atomic E-state index is 12.9. The van der Waals surface area contributed by atoms with Crippen LogP contribution in [0.2, 0.25) is 0 Å². The summed E-state index contributed by atoms with van der Waals surface area (Å²) < 4.78 is 27.4. The molecule has 1 aromatic heterocycles. The summed E-state index contributed by atoms with van der Waals surface area (Å²) in [6.45, 7) is 7.22. The molecule has 1 saturated heterocycles. The predicted octanol–water partition coefficient (Wildman–Crippen LogP) is 2.07. The number of halogens is 1. The maximum Gasteiger partial charge on any atom is 0.253 e. The van der Waals surface area contributed by atoms with Gasteiger partial charge in [0.15, 0.2) is 0 Å². The Bertz CT molecular complexity index is 703. The van der Waals surface area contributed by atoms with Crippen molar-refractivity contribution in [2.75, 3.05) is 26.7 Å². The van der Waals surface area contributed by atoms with Gasteiger partial charge in [-0.2, -0.15) is 4.31 Å². The number of sulfonamides is 1. The van der Waals surface area contributed by atoms with E-state index in [1.165, 1.54) is 15.6 Å². The van der Waals surface area contributed by atoms with Crippen LogP contribution in [0.4, 0.5) is 0 Å². The van der Waals surface area contributed by atoms with E-state index in [4.69, 9.17) is 5.73 Å². The Morgan fingerprint density at radius 3 is 2.60 bits per heavy atom. The van der Waals surface area contributed by atoms with E-state index >= 15 is 0 Å². The third-order valence-electron chi connectivity index (χ3n) is 4.36. The van der Waals surface area contributed by atoms with Crippen molar-refractivity contribution in [3.63, 3.8) is 0 Å². The number of nitrogens with two attached hydrogens (primary N) is 1. The average Bonchev–Trinajstić information content (AvgIpc) is 3.15. The molecular weight excluding hydrogens is 382 g/mol. The van der Waals surface area contributed by atoms with Gasteiger partial charge in [-0.1, -0.05) is 13.8 Å². The van der Waals surface area contributed by atoms with Crippen molar-refractivity contribution < 1.29 is 13.2 Å². The fraction of sp³-hybridized carbons (Fsp3) is 0.688. The van der Waals surface area contributed by atoms with Gasteiger partial charge < -0.3 is 10.6 Å². The molecule has 0 bridgehead atoms. The Kier molecular flexibility index (Phi) is 7.47. The first-order chi connectivity index (χ1) is 11.1. The van der Waals surface area contributed by atoms with E-state index in [9.17, 15) is 13.2 Å². The molecule has 25 heavy (non-hydrogen) atoms. The number of nitrogens with zero attached hydrogens (tertiary/aromatic N) is 2. The van der Waals surface area contributed by atoms with Gasteiger partial charge in [0, 0.05) is 25.0 Å². The number of aryl methyl sites for hydroxylation is 1. The molecule has 144 valence electrons. The van der Waals surface area contributed by atoms with Gasteiger partial charge in [-0.15, -0.1) is 23.7 Å². The van der Waals surface area contributed by atoms with E-state index in [1.54, 1.807) is 24.1 Å². The zero-order valence-corrected chi connectivity index (χ0v) is 17.6. The number of thiophene rings is 1. The van der Waals surface area contributed by atoms with E-state index < -0.39 is 16.1 Å². The summed E-state index contributed by atoms with van der Waals surface area (Å²) in [4.78, 5) is 15.4. The summed E-state index contributed by atoms with van der Waals surface area (Å²) in [5.74, 6) is -0.147. The van der Waals surface area contributed by atoms with Crippen LogP contribution in [-0.4, -0.2) is 56.3 Å². The summed E-state index contributed by atoms with van der Waals surface area (Å²) in [6.07, 6.45) is 1.27. The van der Waals surface area contributed by atoms with Crippen LogP contribution in [-0.2, 0) is 14.8 Å². The highest BCUT2D eigenvalue weighted by Crippen LogP contribution is 2.31. The second kappa shape index (κ2) is 8.35. The molecule has 1 aliphatic rings. The molecule has 1 fully saturated rings. The summed E-state index contributed by atoms with van der Waals surface area (Å²) in [7, 11) is -1.89. The van der Waals surface area contributed by atoms with Crippen LogP contribution >= 0.6 is 23.7 Å². The van der Waals surface area contributed by atoms with Gasteiger partial charge in [0.1, 0.15) is 10.3 Å². The average molecular weight is 410 g/mol. The Labute approximate surface area is 160 Å². The van der Waals surface area contributed by atoms with Crippen LogP contribution in [0.25, 0.3) is 0 Å². The van der Waals surface area contributed by atoms with Crippen LogP contribution in [0.1, 0.15) is 31.6 Å². The van der Waals surface area contributed by atoms with Gasteiger partial charge >= 0.3 is 0 Å². The fourth-order valence-corrected chi connectivity index (χ4v) is 6.04. The number of rotatable bonds is 6. The van der Waals surface area contributed by atoms with Gasteiger partial charge in [0.2, 0.25) is 5.91 Å². The minimum atomic E-state index is -3.62. The van der Waals surface area contributed by atoms with Crippen LogP contribution in [0.15, 0.2) is 16.3 Å². The Morgan fingerprint density at radius 2 is 2.08 bits per heavy atom. The van der Waals surface area contributed by atoms with Crippen LogP contribution < -0.4 is 5.73 Å². The minimum Gasteiger partial charge on any atom is -0.344 e. The van der Waals surface area contributed by atoms with E-state index in [2.05, 4.69) is 0 Å². The first kappa shape index (κ1) is 22.4. The molecular formula is C16H28ClN3O3S2. The van der Waals surface area contributed by atoms with Crippen molar-refractivity contribution in [1.29, 1.82) is 0 Å². The van der Waals surface area contributed by atoms with Crippen molar-refractivity contribution in [3.05, 3.63) is 17.0 Å². The van der Waals surface area contributed by atoms with Crippen molar-refractivity contribution in [3.8, 4) is 0 Å². The molecule has 0 saturated carbocycles. The number of carbonyl (C=O) groups excluding carboxylic acids is 1. The van der Waals surface area contributed by atoms with Crippen molar-refractivity contribution >= 4 is 39.7 Å². The lowest BCUT2D eigenvalue weighted by Gasteiger charge is -2.32. The van der Waals surface area contributed by atoms with E-state index in [0.717, 1.165) is 4.88 Å². The summed E-state index contributed by atoms with van der Waals surface area (Å²) >= 11 is 1.25. The van der Waals surface area contributed by atoms with Crippen molar-refractivity contribution in [2.24, 2.45) is 11.1 Å². The van der Waals surface area contributed by atoms with Gasteiger partial charge in [0.05, 0.1) is 0 Å². The topological polar surface area (TPSA) is 83.7 Å². The smallest absolute Gasteiger partial charge is 0.253 e. The molecule has 1 aromatic rings. The molecule has 1 amide bonds. The lowest BCUT2D eigenvalue weighted by atomic mass is 9.93. The van der Waals surface area contributed by atoms with E-state index in [1.807, 2.05) is 20.8 Å². The Balaban J connectivity index is 0.00000312. The molecule has 0 radical (unpaired) electrons. The number of amides is 1. The highest BCUT2D eigenvalue weighted by molar-refractivity contribution is 7.91. The maximum absolute atomic E-state index is 12.9. The largest absolute Gasteiger partial charge is 0.344 e. The summed E-state index contributed by atoms with van der Waals surface area (Å²) in [5.41, 5.74) is 5.54. The molecule has 1 atom stereocenters. The van der Waals surface area contributed by atoms with Crippen LogP contribution in [0, 0.1) is 12.3 Å². The van der Waals surface area contributed by atoms with Crippen LogP contribution in [0.5, 0.6) is 0 Å². The molecule has 0 spiro atoms. The molecule has 1 unspecified atom stereocenters. The molecule has 2 N–H and O–H groups in total. The second-order valence-electron chi connectivity index (χ2n) is 7.20. The molecule has 2 rings (SSSR count). The normalized spacial score (nSPS) is 18.8. The number of hydrogen-bond acceptors (Lipinski definition) is 5. The summed E-state index contributed by atoms with van der Waals surface area (Å²) in [6, 6.07) is 2.80. The lowest BCUT2D eigenvalue weighted by Crippen LogP contribution is -2.49. The molecule has 6 nitrogen and oxygen atoms in total. The third-order valence-corrected chi connectivity index (χ3v) is 7.74. The second-order valence-corrected chi connectivity index (χ2v) is 10.6. The first-order valence-electron chi connectivity index (χ1n) is 8.12. The highest BCUT2D eigenvalue weighted by atomic mass is 35.5. The zero-order valence-electron chi connectivity index (χ0n) is 15.2. The monoisotopic (exact) mass is 409 g/mol. The van der Waals surface area contributed by atoms with Crippen molar-refractivity contribution in [2.45, 2.75) is 43.9 Å². The van der Waals surface area contributed by atoms with E-state index in [0.29, 0.717) is 36.7 Å². The molecule has 2 heterocycles. The first-order valence-corrected chi connectivity index (χ1v) is 10.4. The molecule has 9 heteroatoms. The standard InChI is InChI=1S/C16H27N3O3S2.ClH/c1-12-7-8-14(23-12)24(21,22)19-9-5-6-13(19)15(20)18(4)11-16(2,3)10-17;/h7-8,13H,5-6,9-11,17H2,1-4H3;1H. The highest BCUT2D eigenvalue weighted by Gasteiger charge is 2.41. The summed E-state index contributed by atoms with van der Waals surface area (Å²) in [5, 5.41) is 0. The quantitative estimate of drug-likeness (QED) is 0.779. The fourth-order valence-electron chi connectivity index (χ4n) is 2.98. The Morgan fingerprint density at radius 1 is 1.44 bits per heavy atom. The minimum absolute atomic E-state index is 0. The number of carbonyl (C=O) groups is 1. The molecule has 0 aromatic carbocycles. The van der Waals surface area contributed by atoms with Gasteiger partial charge in [0.25, 0.3) is 10.0 Å². The van der Waals surface area contributed by atoms with Gasteiger partial charge in [-0.05, 0) is 43.9 Å². The number of likely N-dealkylation sites (N-methyl/N-ethyl adjacent to an activating group) is 1. The molecule has 0 aliphatic carbocycles. The number of hydrogen-bond donors (Lipinski definition) is 1. The van der Waals surface area contributed by atoms with E-state index in [-0.39, 0.29) is 23.7 Å². The SMILES string of the molecule is Cc1ccc(S(=O)(=O)N2CCCC2C(=O)N(C)CC(C)(C)CN)s1.Cl. The van der Waals surface area contributed by atoms with Gasteiger partial charge in [-0.3, -0.25) is 4.79 Å².